The second kappa shape index (κ2) is 5.88. The molecule has 2 saturated carbocycles. The molecule has 0 aromatic carbocycles. The molecule has 0 aromatic rings. The first-order chi connectivity index (χ1) is 9.72. The van der Waals surface area contributed by atoms with Crippen LogP contribution in [0.25, 0.3) is 0 Å². The highest BCUT2D eigenvalue weighted by Gasteiger charge is 2.61. The Hall–Kier alpha value is -0.610. The molecule has 4 heteroatoms. The lowest BCUT2D eigenvalue weighted by molar-refractivity contribution is -0.147. The van der Waals surface area contributed by atoms with Gasteiger partial charge in [0.05, 0.1) is 19.8 Å². The number of nitrogens with one attached hydrogen (secondary N) is 1. The van der Waals surface area contributed by atoms with Crippen LogP contribution in [0.2, 0.25) is 0 Å². The maximum atomic E-state index is 11.9. The molecule has 4 atom stereocenters. The standard InChI is InChI=1S/C17H31NO3/c1-11(2)18-13(15(19)20-6)10-21-14-9-12-7-8-17(14,5)16(12,3)4/h11-14,18H,7-10H2,1-6H3. The first-order valence-electron chi connectivity index (χ1n) is 8.18. The summed E-state index contributed by atoms with van der Waals surface area (Å²) in [5, 5.41) is 3.23. The SMILES string of the molecule is COC(=O)C(COC1CC2CCC1(C)C2(C)C)NC(C)C. The summed E-state index contributed by atoms with van der Waals surface area (Å²) in [5.41, 5.74) is 0.570. The largest absolute Gasteiger partial charge is 0.468 e. The highest BCUT2D eigenvalue weighted by atomic mass is 16.5. The quantitative estimate of drug-likeness (QED) is 0.766. The minimum Gasteiger partial charge on any atom is -0.468 e. The van der Waals surface area contributed by atoms with Crippen LogP contribution in [-0.4, -0.2) is 37.9 Å². The molecule has 122 valence electrons. The Balaban J connectivity index is 1.97. The molecule has 0 heterocycles. The Kier molecular flexibility index (Phi) is 4.69. The summed E-state index contributed by atoms with van der Waals surface area (Å²) in [6.45, 7) is 11.5. The number of esters is 1. The van der Waals surface area contributed by atoms with Crippen molar-refractivity contribution in [2.45, 2.75) is 72.1 Å². The van der Waals surface area contributed by atoms with E-state index in [1.807, 2.05) is 13.8 Å². The average Bonchev–Trinajstić information content (AvgIpc) is 2.74. The van der Waals surface area contributed by atoms with Crippen molar-refractivity contribution in [3.63, 3.8) is 0 Å². The molecule has 2 bridgehead atoms. The molecule has 4 unspecified atom stereocenters. The summed E-state index contributed by atoms with van der Waals surface area (Å²) in [4.78, 5) is 11.9. The van der Waals surface area contributed by atoms with Gasteiger partial charge in [-0.25, -0.2) is 0 Å². The number of carbonyl (C=O) groups excluding carboxylic acids is 1. The van der Waals surface area contributed by atoms with Gasteiger partial charge < -0.3 is 14.8 Å². The van der Waals surface area contributed by atoms with Gasteiger partial charge in [-0.2, -0.15) is 0 Å². The van der Waals surface area contributed by atoms with E-state index in [0.717, 1.165) is 12.3 Å². The van der Waals surface area contributed by atoms with Gasteiger partial charge in [0.2, 0.25) is 0 Å². The molecule has 21 heavy (non-hydrogen) atoms. The third kappa shape index (κ3) is 2.85. The number of carbonyl (C=O) groups is 1. The molecule has 0 aliphatic heterocycles. The zero-order valence-electron chi connectivity index (χ0n) is 14.4. The molecule has 1 N–H and O–H groups in total. The number of hydrogen-bond donors (Lipinski definition) is 1. The third-order valence-electron chi connectivity index (χ3n) is 6.20. The summed E-state index contributed by atoms with van der Waals surface area (Å²) in [7, 11) is 1.43. The minimum atomic E-state index is -0.374. The fourth-order valence-corrected chi connectivity index (χ4v) is 4.32. The third-order valence-corrected chi connectivity index (χ3v) is 6.20. The Morgan fingerprint density at radius 3 is 2.43 bits per heavy atom. The van der Waals surface area contributed by atoms with Crippen LogP contribution in [0, 0.1) is 16.7 Å². The lowest BCUT2D eigenvalue weighted by Crippen LogP contribution is -2.47. The Bertz CT molecular complexity index is 393. The first-order valence-corrected chi connectivity index (χ1v) is 8.18. The zero-order valence-corrected chi connectivity index (χ0v) is 14.4. The van der Waals surface area contributed by atoms with E-state index >= 15 is 0 Å². The lowest BCUT2D eigenvalue weighted by Gasteiger charge is -2.39. The van der Waals surface area contributed by atoms with Crippen molar-refractivity contribution in [1.82, 2.24) is 5.32 Å². The van der Waals surface area contributed by atoms with Gasteiger partial charge in [0, 0.05) is 6.04 Å². The van der Waals surface area contributed by atoms with E-state index in [1.165, 1.54) is 20.0 Å². The van der Waals surface area contributed by atoms with Crippen LogP contribution in [0.1, 0.15) is 53.9 Å². The fourth-order valence-electron chi connectivity index (χ4n) is 4.32. The van der Waals surface area contributed by atoms with Gasteiger partial charge in [-0.1, -0.05) is 34.6 Å². The van der Waals surface area contributed by atoms with Crippen LogP contribution in [0.4, 0.5) is 0 Å². The van der Waals surface area contributed by atoms with E-state index in [1.54, 1.807) is 0 Å². The summed E-state index contributed by atoms with van der Waals surface area (Å²) in [6.07, 6.45) is 3.93. The molecule has 0 aromatic heterocycles. The lowest BCUT2D eigenvalue weighted by atomic mass is 9.70. The van der Waals surface area contributed by atoms with Crippen LogP contribution < -0.4 is 5.32 Å². The second-order valence-electron chi connectivity index (χ2n) is 7.83. The van der Waals surface area contributed by atoms with E-state index in [9.17, 15) is 4.79 Å². The predicted molar refractivity (Wildman–Crippen MR) is 83.0 cm³/mol. The van der Waals surface area contributed by atoms with Gasteiger partial charge >= 0.3 is 5.97 Å². The normalized spacial score (nSPS) is 35.2. The highest BCUT2D eigenvalue weighted by molar-refractivity contribution is 5.75. The van der Waals surface area contributed by atoms with Crippen molar-refractivity contribution < 1.29 is 14.3 Å². The molecule has 2 aliphatic rings. The number of hydrogen-bond acceptors (Lipinski definition) is 4. The molecule has 2 fully saturated rings. The monoisotopic (exact) mass is 297 g/mol. The molecule has 2 rings (SSSR count). The highest BCUT2D eigenvalue weighted by Crippen LogP contribution is 2.66. The van der Waals surface area contributed by atoms with Crippen molar-refractivity contribution in [2.24, 2.45) is 16.7 Å². The van der Waals surface area contributed by atoms with Gasteiger partial charge in [0.25, 0.3) is 0 Å². The van der Waals surface area contributed by atoms with Crippen LogP contribution in [0.5, 0.6) is 0 Å². The number of rotatable bonds is 6. The number of ether oxygens (including phenoxy) is 2. The molecule has 0 spiro atoms. The second-order valence-corrected chi connectivity index (χ2v) is 7.83. The molecular formula is C17H31NO3. The van der Waals surface area contributed by atoms with Crippen LogP contribution in [0.3, 0.4) is 0 Å². The van der Waals surface area contributed by atoms with E-state index in [4.69, 9.17) is 9.47 Å². The number of fused-ring (bicyclic) bond motifs is 2. The first kappa shape index (κ1) is 16.8. The van der Waals surface area contributed by atoms with Crippen molar-refractivity contribution in [2.75, 3.05) is 13.7 Å². The molecule has 4 nitrogen and oxygen atoms in total. The molecule has 2 aliphatic carbocycles. The summed E-state index contributed by atoms with van der Waals surface area (Å²) in [5.74, 6) is 0.512. The summed E-state index contributed by atoms with van der Waals surface area (Å²) in [6, 6.07) is -0.148. The average molecular weight is 297 g/mol. The van der Waals surface area contributed by atoms with Crippen molar-refractivity contribution in [3.05, 3.63) is 0 Å². The van der Waals surface area contributed by atoms with Gasteiger partial charge in [-0.15, -0.1) is 0 Å². The van der Waals surface area contributed by atoms with Crippen molar-refractivity contribution >= 4 is 5.97 Å². The Morgan fingerprint density at radius 1 is 1.33 bits per heavy atom. The maximum Gasteiger partial charge on any atom is 0.325 e. The Labute approximate surface area is 129 Å². The van der Waals surface area contributed by atoms with Crippen LogP contribution >= 0.6 is 0 Å². The topological polar surface area (TPSA) is 47.6 Å². The van der Waals surface area contributed by atoms with Gasteiger partial charge in [-0.3, -0.25) is 4.79 Å². The summed E-state index contributed by atoms with van der Waals surface area (Å²) >= 11 is 0. The Morgan fingerprint density at radius 2 is 2.00 bits per heavy atom. The molecular weight excluding hydrogens is 266 g/mol. The summed E-state index contributed by atoms with van der Waals surface area (Å²) < 4.78 is 11.1. The van der Waals surface area contributed by atoms with Crippen LogP contribution in [0.15, 0.2) is 0 Å². The molecule has 0 amide bonds. The van der Waals surface area contributed by atoms with Crippen molar-refractivity contribution in [1.29, 1.82) is 0 Å². The van der Waals surface area contributed by atoms with Gasteiger partial charge in [0.15, 0.2) is 0 Å². The molecule has 0 saturated heterocycles. The van der Waals surface area contributed by atoms with E-state index < -0.39 is 0 Å². The molecule has 0 radical (unpaired) electrons. The van der Waals surface area contributed by atoms with Gasteiger partial charge in [-0.05, 0) is 36.0 Å². The zero-order chi connectivity index (χ0) is 15.8. The van der Waals surface area contributed by atoms with Crippen LogP contribution in [-0.2, 0) is 14.3 Å². The number of methoxy groups -OCH3 is 1. The minimum absolute atomic E-state index is 0.227. The maximum absolute atomic E-state index is 11.9. The van der Waals surface area contributed by atoms with E-state index in [2.05, 4.69) is 26.1 Å². The predicted octanol–water partition coefficient (Wildman–Crippen LogP) is 2.76. The van der Waals surface area contributed by atoms with E-state index in [-0.39, 0.29) is 29.6 Å². The van der Waals surface area contributed by atoms with Crippen molar-refractivity contribution in [3.8, 4) is 0 Å². The fraction of sp³-hybridized carbons (Fsp3) is 0.941. The van der Waals surface area contributed by atoms with E-state index in [0.29, 0.717) is 12.0 Å². The smallest absolute Gasteiger partial charge is 0.325 e. The van der Waals surface area contributed by atoms with Gasteiger partial charge in [0.1, 0.15) is 6.04 Å².